The maximum atomic E-state index is 12.7. The molecular weight excluding hydrogens is 361 g/mol. The Kier molecular flexibility index (Phi) is 6.94. The molecule has 1 aliphatic rings. The predicted molar refractivity (Wildman–Crippen MR) is 82.7 cm³/mol. The van der Waals surface area contributed by atoms with Gasteiger partial charge in [0.05, 0.1) is 12.2 Å². The van der Waals surface area contributed by atoms with E-state index in [0.29, 0.717) is 24.9 Å². The number of likely N-dealkylation sites (tertiary alicyclic amines) is 1. The number of hydrogen-bond acceptors (Lipinski definition) is 3. The topological polar surface area (TPSA) is 49.8 Å². The van der Waals surface area contributed by atoms with E-state index in [0.717, 1.165) is 12.1 Å². The summed E-state index contributed by atoms with van der Waals surface area (Å²) in [6.07, 6.45) is -3.45. The largest absolute Gasteiger partial charge is 0.481 e. The van der Waals surface area contributed by atoms with Crippen LogP contribution in [0.5, 0.6) is 0 Å². The lowest BCUT2D eigenvalue weighted by Gasteiger charge is -2.39. The summed E-state index contributed by atoms with van der Waals surface area (Å²) >= 11 is 0. The molecule has 1 N–H and O–H groups in total. The van der Waals surface area contributed by atoms with Gasteiger partial charge in [-0.2, -0.15) is 22.0 Å². The van der Waals surface area contributed by atoms with Crippen LogP contribution in [0.2, 0.25) is 0 Å². The molecule has 2 rings (SSSR count). The van der Waals surface area contributed by atoms with Crippen molar-refractivity contribution in [3.8, 4) is 0 Å². The highest BCUT2D eigenvalue weighted by Gasteiger charge is 2.33. The average Bonchev–Trinajstić information content (AvgIpc) is 2.54. The van der Waals surface area contributed by atoms with Crippen molar-refractivity contribution in [2.75, 3.05) is 19.7 Å². The van der Waals surface area contributed by atoms with Crippen LogP contribution in [-0.4, -0.2) is 42.3 Å². The zero-order valence-corrected chi connectivity index (χ0v) is 13.9. The van der Waals surface area contributed by atoms with Crippen LogP contribution in [-0.2, 0) is 15.7 Å². The lowest BCUT2D eigenvalue weighted by molar-refractivity contribution is -0.140. The summed E-state index contributed by atoms with van der Waals surface area (Å²) in [4.78, 5) is 12.8. The standard InChI is InChI=1S/C17H20F5NO3/c18-16(19)26-8-7-23-6-5-11(10-15(24)25)9-14(23)12-1-3-13(4-2-12)17(20,21)22/h1-4,11,14,16H,5-10H2,(H,24,25). The zero-order valence-electron chi connectivity index (χ0n) is 13.9. The summed E-state index contributed by atoms with van der Waals surface area (Å²) in [5, 5.41) is 8.97. The highest BCUT2D eigenvalue weighted by molar-refractivity contribution is 5.67. The first-order chi connectivity index (χ1) is 12.2. The first-order valence-corrected chi connectivity index (χ1v) is 8.19. The van der Waals surface area contributed by atoms with E-state index in [4.69, 9.17) is 5.11 Å². The van der Waals surface area contributed by atoms with Gasteiger partial charge in [-0.15, -0.1) is 0 Å². The molecule has 1 heterocycles. The van der Waals surface area contributed by atoms with Crippen molar-refractivity contribution in [3.05, 3.63) is 35.4 Å². The Morgan fingerprint density at radius 2 is 1.92 bits per heavy atom. The van der Waals surface area contributed by atoms with Crippen molar-refractivity contribution >= 4 is 5.97 Å². The van der Waals surface area contributed by atoms with Gasteiger partial charge in [-0.05, 0) is 43.0 Å². The predicted octanol–water partition coefficient (Wildman–Crippen LogP) is 4.17. The van der Waals surface area contributed by atoms with E-state index in [-0.39, 0.29) is 31.5 Å². The van der Waals surface area contributed by atoms with Crippen LogP contribution in [0.15, 0.2) is 24.3 Å². The quantitative estimate of drug-likeness (QED) is 0.721. The second kappa shape index (κ2) is 8.77. The Morgan fingerprint density at radius 3 is 2.46 bits per heavy atom. The van der Waals surface area contributed by atoms with Crippen LogP contribution in [0, 0.1) is 5.92 Å². The number of ether oxygens (including phenoxy) is 1. The molecule has 0 bridgehead atoms. The van der Waals surface area contributed by atoms with Crippen LogP contribution >= 0.6 is 0 Å². The zero-order chi connectivity index (χ0) is 19.3. The number of alkyl halides is 5. The van der Waals surface area contributed by atoms with E-state index in [2.05, 4.69) is 4.74 Å². The van der Waals surface area contributed by atoms with Crippen molar-refractivity contribution in [1.82, 2.24) is 4.90 Å². The molecule has 146 valence electrons. The van der Waals surface area contributed by atoms with Gasteiger partial charge in [-0.1, -0.05) is 12.1 Å². The van der Waals surface area contributed by atoms with E-state index in [1.807, 2.05) is 4.90 Å². The maximum Gasteiger partial charge on any atom is 0.416 e. The lowest BCUT2D eigenvalue weighted by Crippen LogP contribution is -2.39. The molecule has 0 saturated carbocycles. The van der Waals surface area contributed by atoms with Gasteiger partial charge in [0, 0.05) is 19.0 Å². The molecule has 1 aromatic rings. The van der Waals surface area contributed by atoms with E-state index in [1.54, 1.807) is 0 Å². The molecule has 0 aliphatic carbocycles. The Morgan fingerprint density at radius 1 is 1.27 bits per heavy atom. The third kappa shape index (κ3) is 5.91. The third-order valence-electron chi connectivity index (χ3n) is 4.53. The Balaban J connectivity index is 2.14. The normalized spacial score (nSPS) is 21.9. The first kappa shape index (κ1) is 20.6. The summed E-state index contributed by atoms with van der Waals surface area (Å²) < 4.78 is 66.8. The van der Waals surface area contributed by atoms with Gasteiger partial charge in [-0.3, -0.25) is 9.69 Å². The number of halogens is 5. The van der Waals surface area contributed by atoms with Crippen molar-refractivity contribution in [3.63, 3.8) is 0 Å². The van der Waals surface area contributed by atoms with Gasteiger partial charge in [0.25, 0.3) is 0 Å². The minimum absolute atomic E-state index is 0.0293. The number of hydrogen-bond donors (Lipinski definition) is 1. The molecule has 0 aromatic heterocycles. The molecule has 1 saturated heterocycles. The summed E-state index contributed by atoms with van der Waals surface area (Å²) in [6.45, 7) is -2.44. The number of benzene rings is 1. The molecule has 26 heavy (non-hydrogen) atoms. The number of piperidine rings is 1. The van der Waals surface area contributed by atoms with Gasteiger partial charge in [-0.25, -0.2) is 0 Å². The summed E-state index contributed by atoms with van der Waals surface area (Å²) in [7, 11) is 0. The first-order valence-electron chi connectivity index (χ1n) is 8.19. The SMILES string of the molecule is O=C(O)CC1CCN(CCOC(F)F)C(c2ccc(C(F)(F)F)cc2)C1. The molecule has 2 unspecified atom stereocenters. The van der Waals surface area contributed by atoms with Crippen LogP contribution in [0.3, 0.4) is 0 Å². The van der Waals surface area contributed by atoms with Crippen molar-refractivity contribution in [1.29, 1.82) is 0 Å². The number of nitrogens with zero attached hydrogens (tertiary/aromatic N) is 1. The lowest BCUT2D eigenvalue weighted by atomic mass is 9.85. The minimum atomic E-state index is -4.44. The smallest absolute Gasteiger partial charge is 0.416 e. The number of carbonyl (C=O) groups is 1. The molecule has 1 aliphatic heterocycles. The molecule has 0 radical (unpaired) electrons. The number of rotatable bonds is 7. The fraction of sp³-hybridized carbons (Fsp3) is 0.588. The Bertz CT molecular complexity index is 591. The molecule has 2 atom stereocenters. The Labute approximate surface area is 147 Å². The maximum absolute atomic E-state index is 12.7. The molecule has 0 amide bonds. The molecular formula is C17H20F5NO3. The fourth-order valence-electron chi connectivity index (χ4n) is 3.29. The van der Waals surface area contributed by atoms with E-state index < -0.39 is 24.3 Å². The van der Waals surface area contributed by atoms with Crippen LogP contribution in [0.25, 0.3) is 0 Å². The average molecular weight is 381 g/mol. The van der Waals surface area contributed by atoms with Gasteiger partial charge < -0.3 is 9.84 Å². The van der Waals surface area contributed by atoms with Crippen molar-refractivity contribution in [2.45, 2.75) is 38.1 Å². The monoisotopic (exact) mass is 381 g/mol. The minimum Gasteiger partial charge on any atom is -0.481 e. The van der Waals surface area contributed by atoms with E-state index in [1.165, 1.54) is 12.1 Å². The Hall–Kier alpha value is -1.74. The molecule has 0 spiro atoms. The highest BCUT2D eigenvalue weighted by atomic mass is 19.4. The second-order valence-corrected chi connectivity index (χ2v) is 6.29. The molecule has 1 aromatic carbocycles. The molecule has 4 nitrogen and oxygen atoms in total. The van der Waals surface area contributed by atoms with Crippen molar-refractivity contribution < 1.29 is 36.6 Å². The third-order valence-corrected chi connectivity index (χ3v) is 4.53. The highest BCUT2D eigenvalue weighted by Crippen LogP contribution is 2.37. The van der Waals surface area contributed by atoms with Crippen molar-refractivity contribution in [2.24, 2.45) is 5.92 Å². The number of carboxylic acids is 1. The van der Waals surface area contributed by atoms with E-state index >= 15 is 0 Å². The van der Waals surface area contributed by atoms with E-state index in [9.17, 15) is 26.7 Å². The fourth-order valence-corrected chi connectivity index (χ4v) is 3.29. The van der Waals surface area contributed by atoms with Crippen LogP contribution in [0.4, 0.5) is 22.0 Å². The molecule has 9 heteroatoms. The number of carboxylic acid groups (broad SMARTS) is 1. The number of aliphatic carboxylic acids is 1. The summed E-state index contributed by atoms with van der Waals surface area (Å²) in [5.41, 5.74) is -0.170. The van der Waals surface area contributed by atoms with Crippen LogP contribution in [0.1, 0.15) is 36.4 Å². The van der Waals surface area contributed by atoms with Gasteiger partial charge >= 0.3 is 18.8 Å². The van der Waals surface area contributed by atoms with Gasteiger partial charge in [0.1, 0.15) is 0 Å². The summed E-state index contributed by atoms with van der Waals surface area (Å²) in [6, 6.07) is 4.33. The van der Waals surface area contributed by atoms with Gasteiger partial charge in [0.2, 0.25) is 0 Å². The summed E-state index contributed by atoms with van der Waals surface area (Å²) in [5.74, 6) is -1.05. The molecule has 1 fully saturated rings. The second-order valence-electron chi connectivity index (χ2n) is 6.29. The van der Waals surface area contributed by atoms with Crippen LogP contribution < -0.4 is 0 Å². The van der Waals surface area contributed by atoms with Gasteiger partial charge in [0.15, 0.2) is 0 Å².